The number of aromatic nitrogens is 1. The number of hydrogen-bond donors (Lipinski definition) is 2. The van der Waals surface area contributed by atoms with Crippen molar-refractivity contribution in [1.82, 2.24) is 20.1 Å². The average molecular weight is 356 g/mol. The minimum atomic E-state index is -0.172. The van der Waals surface area contributed by atoms with E-state index in [1.54, 1.807) is 16.7 Å². The number of hydrogen-bond acceptors (Lipinski definition) is 3. The summed E-state index contributed by atoms with van der Waals surface area (Å²) < 4.78 is 0. The molecule has 0 radical (unpaired) electrons. The van der Waals surface area contributed by atoms with Crippen LogP contribution >= 0.6 is 0 Å². The van der Waals surface area contributed by atoms with E-state index in [2.05, 4.69) is 10.3 Å². The van der Waals surface area contributed by atoms with Gasteiger partial charge in [0, 0.05) is 62.7 Å². The molecule has 1 fully saturated rings. The van der Waals surface area contributed by atoms with Crippen molar-refractivity contribution in [3.63, 3.8) is 0 Å². The molecule has 1 aliphatic heterocycles. The topological polar surface area (TPSA) is 85.5 Å². The number of amides is 3. The van der Waals surface area contributed by atoms with Crippen molar-refractivity contribution in [2.75, 3.05) is 32.7 Å². The normalized spacial score (nSPS) is 14.5. The maximum absolute atomic E-state index is 12.5. The second kappa shape index (κ2) is 7.59. The molecule has 7 nitrogen and oxygen atoms in total. The van der Waals surface area contributed by atoms with Crippen molar-refractivity contribution in [3.05, 3.63) is 35.5 Å². The number of piperazine rings is 1. The molecule has 0 saturated carbocycles. The molecule has 138 valence electrons. The predicted molar refractivity (Wildman–Crippen MR) is 98.8 cm³/mol. The zero-order chi connectivity index (χ0) is 18.7. The van der Waals surface area contributed by atoms with Crippen LogP contribution in [0.5, 0.6) is 0 Å². The maximum Gasteiger partial charge on any atom is 0.253 e. The van der Waals surface area contributed by atoms with E-state index < -0.39 is 0 Å². The van der Waals surface area contributed by atoms with E-state index in [-0.39, 0.29) is 24.1 Å². The van der Waals surface area contributed by atoms with Crippen LogP contribution in [0.1, 0.15) is 29.4 Å². The van der Waals surface area contributed by atoms with E-state index in [9.17, 15) is 14.4 Å². The number of carbonyl (C=O) groups excluding carboxylic acids is 3. The first-order valence-electron chi connectivity index (χ1n) is 8.86. The SMILES string of the molecule is CC(=O)N1CCN(C(=O)CCNC(=O)c2c(C)[nH]c3ccccc23)CC1. The Kier molecular flexibility index (Phi) is 5.25. The quantitative estimate of drug-likeness (QED) is 0.866. The lowest BCUT2D eigenvalue weighted by atomic mass is 10.1. The Morgan fingerprint density at radius 2 is 1.73 bits per heavy atom. The summed E-state index contributed by atoms with van der Waals surface area (Å²) in [6, 6.07) is 7.66. The fourth-order valence-corrected chi connectivity index (χ4v) is 3.37. The standard InChI is InChI=1S/C19H24N4O3/c1-13-18(15-5-3-4-6-16(15)21-13)19(26)20-8-7-17(25)23-11-9-22(10-12-23)14(2)24/h3-6,21H,7-12H2,1-2H3,(H,20,26). The van der Waals surface area contributed by atoms with E-state index in [1.807, 2.05) is 31.2 Å². The number of benzene rings is 1. The van der Waals surface area contributed by atoms with Crippen LogP contribution in [0.3, 0.4) is 0 Å². The molecule has 3 amide bonds. The van der Waals surface area contributed by atoms with Gasteiger partial charge in [0.1, 0.15) is 0 Å². The third-order valence-electron chi connectivity index (χ3n) is 4.82. The lowest BCUT2D eigenvalue weighted by Gasteiger charge is -2.34. The van der Waals surface area contributed by atoms with Gasteiger partial charge in [-0.3, -0.25) is 14.4 Å². The molecular weight excluding hydrogens is 332 g/mol. The van der Waals surface area contributed by atoms with Crippen molar-refractivity contribution < 1.29 is 14.4 Å². The van der Waals surface area contributed by atoms with Gasteiger partial charge in [-0.1, -0.05) is 18.2 Å². The zero-order valence-corrected chi connectivity index (χ0v) is 15.2. The molecule has 7 heteroatoms. The van der Waals surface area contributed by atoms with Gasteiger partial charge < -0.3 is 20.1 Å². The summed E-state index contributed by atoms with van der Waals surface area (Å²) in [6.07, 6.45) is 0.257. The van der Waals surface area contributed by atoms with Gasteiger partial charge in [0.05, 0.1) is 5.56 Å². The Morgan fingerprint density at radius 1 is 1.08 bits per heavy atom. The highest BCUT2D eigenvalue weighted by atomic mass is 16.2. The second-order valence-corrected chi connectivity index (χ2v) is 6.56. The molecule has 2 heterocycles. The number of aromatic amines is 1. The predicted octanol–water partition coefficient (Wildman–Crippen LogP) is 1.29. The molecule has 3 rings (SSSR count). The largest absolute Gasteiger partial charge is 0.358 e. The number of H-pyrrole nitrogens is 1. The fraction of sp³-hybridized carbons (Fsp3) is 0.421. The van der Waals surface area contributed by atoms with Gasteiger partial charge in [-0.05, 0) is 13.0 Å². The Morgan fingerprint density at radius 3 is 2.42 bits per heavy atom. The number of aryl methyl sites for hydroxylation is 1. The lowest BCUT2D eigenvalue weighted by Crippen LogP contribution is -2.50. The molecule has 1 aromatic carbocycles. The Hall–Kier alpha value is -2.83. The number of nitrogens with one attached hydrogen (secondary N) is 2. The molecule has 1 aliphatic rings. The maximum atomic E-state index is 12.5. The number of nitrogens with zero attached hydrogens (tertiary/aromatic N) is 2. The van der Waals surface area contributed by atoms with Crippen LogP contribution in [-0.2, 0) is 9.59 Å². The molecule has 0 atom stereocenters. The Labute approximate surface area is 152 Å². The van der Waals surface area contributed by atoms with E-state index in [0.717, 1.165) is 16.6 Å². The number of rotatable bonds is 4. The minimum absolute atomic E-state index is 0.00384. The fourth-order valence-electron chi connectivity index (χ4n) is 3.37. The van der Waals surface area contributed by atoms with Crippen molar-refractivity contribution in [2.45, 2.75) is 20.3 Å². The summed E-state index contributed by atoms with van der Waals surface area (Å²) in [4.78, 5) is 42.8. The summed E-state index contributed by atoms with van der Waals surface area (Å²) in [6.45, 7) is 5.95. The van der Waals surface area contributed by atoms with Crippen LogP contribution < -0.4 is 5.32 Å². The zero-order valence-electron chi connectivity index (χ0n) is 15.2. The van der Waals surface area contributed by atoms with Crippen LogP contribution in [0.2, 0.25) is 0 Å². The molecule has 0 aliphatic carbocycles. The molecule has 1 saturated heterocycles. The number of para-hydroxylation sites is 1. The van der Waals surface area contributed by atoms with Gasteiger partial charge >= 0.3 is 0 Å². The van der Waals surface area contributed by atoms with E-state index in [4.69, 9.17) is 0 Å². The van der Waals surface area contributed by atoms with Gasteiger partial charge in [0.15, 0.2) is 0 Å². The molecular formula is C19H24N4O3. The second-order valence-electron chi connectivity index (χ2n) is 6.56. The molecule has 0 unspecified atom stereocenters. The molecule has 1 aromatic heterocycles. The van der Waals surface area contributed by atoms with Crippen molar-refractivity contribution in [2.24, 2.45) is 0 Å². The summed E-state index contributed by atoms with van der Waals surface area (Å²) in [5, 5.41) is 3.73. The van der Waals surface area contributed by atoms with E-state index in [0.29, 0.717) is 38.3 Å². The number of carbonyl (C=O) groups is 3. The first kappa shape index (κ1) is 18.0. The third kappa shape index (κ3) is 3.71. The molecule has 0 spiro atoms. The summed E-state index contributed by atoms with van der Waals surface area (Å²) in [7, 11) is 0. The molecule has 2 N–H and O–H groups in total. The van der Waals surface area contributed by atoms with Gasteiger partial charge in [-0.2, -0.15) is 0 Å². The monoisotopic (exact) mass is 356 g/mol. The summed E-state index contributed by atoms with van der Waals surface area (Å²) >= 11 is 0. The van der Waals surface area contributed by atoms with Gasteiger partial charge in [0.2, 0.25) is 11.8 Å². The highest BCUT2D eigenvalue weighted by Gasteiger charge is 2.22. The Balaban J connectivity index is 1.51. The number of fused-ring (bicyclic) bond motifs is 1. The van der Waals surface area contributed by atoms with Crippen LogP contribution in [0.25, 0.3) is 10.9 Å². The van der Waals surface area contributed by atoms with Crippen LogP contribution in [0.15, 0.2) is 24.3 Å². The van der Waals surface area contributed by atoms with Crippen molar-refractivity contribution in [1.29, 1.82) is 0 Å². The van der Waals surface area contributed by atoms with Crippen molar-refractivity contribution in [3.8, 4) is 0 Å². The highest BCUT2D eigenvalue weighted by molar-refractivity contribution is 6.08. The van der Waals surface area contributed by atoms with Crippen LogP contribution in [0.4, 0.5) is 0 Å². The molecule has 2 aromatic rings. The van der Waals surface area contributed by atoms with Crippen LogP contribution in [-0.4, -0.2) is 65.2 Å². The molecule has 0 bridgehead atoms. The minimum Gasteiger partial charge on any atom is -0.358 e. The first-order chi connectivity index (χ1) is 12.5. The summed E-state index contributed by atoms with van der Waals surface area (Å²) in [5.41, 5.74) is 2.37. The Bertz CT molecular complexity index is 834. The van der Waals surface area contributed by atoms with E-state index >= 15 is 0 Å². The smallest absolute Gasteiger partial charge is 0.253 e. The molecule has 26 heavy (non-hydrogen) atoms. The van der Waals surface area contributed by atoms with E-state index in [1.165, 1.54) is 0 Å². The highest BCUT2D eigenvalue weighted by Crippen LogP contribution is 2.21. The van der Waals surface area contributed by atoms with Gasteiger partial charge in [-0.15, -0.1) is 0 Å². The van der Waals surface area contributed by atoms with Crippen LogP contribution in [0, 0.1) is 6.92 Å². The van der Waals surface area contributed by atoms with Crippen molar-refractivity contribution >= 4 is 28.6 Å². The van der Waals surface area contributed by atoms with Gasteiger partial charge in [-0.25, -0.2) is 0 Å². The first-order valence-corrected chi connectivity index (χ1v) is 8.86. The third-order valence-corrected chi connectivity index (χ3v) is 4.82. The summed E-state index contributed by atoms with van der Waals surface area (Å²) in [5.74, 6) is -0.128. The van der Waals surface area contributed by atoms with Gasteiger partial charge in [0.25, 0.3) is 5.91 Å². The average Bonchev–Trinajstić information content (AvgIpc) is 2.97. The lowest BCUT2D eigenvalue weighted by molar-refractivity contribution is -0.138.